The Labute approximate surface area is 84.1 Å². The van der Waals surface area contributed by atoms with Gasteiger partial charge >= 0.3 is 0 Å². The Morgan fingerprint density at radius 2 is 2.08 bits per heavy atom. The highest BCUT2D eigenvalue weighted by Crippen LogP contribution is 1.92. The average molecular weight is 206 g/mol. The lowest BCUT2D eigenvalue weighted by molar-refractivity contribution is 0.326. The van der Waals surface area contributed by atoms with Crippen LogP contribution >= 0.6 is 24.4 Å². The fourth-order valence-corrected chi connectivity index (χ4v) is 0.824. The lowest BCUT2D eigenvalue weighted by Crippen LogP contribution is -2.30. The SMILES string of the molecule is CNC(=S)CCN(C)C(=S)OC. The van der Waals surface area contributed by atoms with Crippen LogP contribution in [0.3, 0.4) is 0 Å². The minimum absolute atomic E-state index is 0.494. The number of nitrogens with one attached hydrogen (secondary N) is 1. The maximum Gasteiger partial charge on any atom is 0.258 e. The van der Waals surface area contributed by atoms with Gasteiger partial charge in [-0.05, 0) is 12.2 Å². The van der Waals surface area contributed by atoms with Crippen LogP contribution in [0.1, 0.15) is 6.42 Å². The van der Waals surface area contributed by atoms with Crippen LogP contribution in [0, 0.1) is 0 Å². The molecular formula is C7H14N2OS2. The van der Waals surface area contributed by atoms with Gasteiger partial charge in [0.2, 0.25) is 0 Å². The van der Waals surface area contributed by atoms with E-state index in [4.69, 9.17) is 29.2 Å². The smallest absolute Gasteiger partial charge is 0.258 e. The molecule has 0 saturated heterocycles. The van der Waals surface area contributed by atoms with E-state index in [-0.39, 0.29) is 0 Å². The maximum atomic E-state index is 4.97. The topological polar surface area (TPSA) is 24.5 Å². The Kier molecular flexibility index (Phi) is 5.92. The number of nitrogens with zero attached hydrogens (tertiary/aromatic N) is 1. The van der Waals surface area contributed by atoms with Gasteiger partial charge in [0.25, 0.3) is 5.17 Å². The lowest BCUT2D eigenvalue weighted by atomic mass is 10.4. The van der Waals surface area contributed by atoms with Gasteiger partial charge in [0.05, 0.1) is 12.1 Å². The summed E-state index contributed by atoms with van der Waals surface area (Å²) >= 11 is 9.88. The summed E-state index contributed by atoms with van der Waals surface area (Å²) in [6.45, 7) is 0.784. The Morgan fingerprint density at radius 1 is 1.50 bits per heavy atom. The lowest BCUT2D eigenvalue weighted by Gasteiger charge is -2.17. The van der Waals surface area contributed by atoms with E-state index in [1.54, 1.807) is 7.11 Å². The average Bonchev–Trinajstić information content (AvgIpc) is 2.11. The third-order valence-corrected chi connectivity index (χ3v) is 2.33. The van der Waals surface area contributed by atoms with Crippen LogP contribution in [0.5, 0.6) is 0 Å². The highest BCUT2D eigenvalue weighted by Gasteiger charge is 2.03. The van der Waals surface area contributed by atoms with Crippen molar-refractivity contribution in [2.45, 2.75) is 6.42 Å². The van der Waals surface area contributed by atoms with Crippen molar-refractivity contribution in [3.05, 3.63) is 0 Å². The molecule has 0 aromatic carbocycles. The van der Waals surface area contributed by atoms with Crippen LogP contribution in [0.2, 0.25) is 0 Å². The van der Waals surface area contributed by atoms with Crippen molar-refractivity contribution >= 4 is 34.6 Å². The van der Waals surface area contributed by atoms with Crippen molar-refractivity contribution in [3.8, 4) is 0 Å². The molecule has 0 heterocycles. The van der Waals surface area contributed by atoms with Crippen LogP contribution in [0.4, 0.5) is 0 Å². The van der Waals surface area contributed by atoms with Gasteiger partial charge in [-0.15, -0.1) is 0 Å². The number of thiocarbonyl (C=S) groups is 2. The molecule has 0 radical (unpaired) electrons. The third-order valence-electron chi connectivity index (χ3n) is 1.44. The van der Waals surface area contributed by atoms with Gasteiger partial charge in [0.1, 0.15) is 0 Å². The Morgan fingerprint density at radius 3 is 2.50 bits per heavy atom. The van der Waals surface area contributed by atoms with E-state index in [1.807, 2.05) is 19.0 Å². The van der Waals surface area contributed by atoms with Gasteiger partial charge in [-0.3, -0.25) is 0 Å². The van der Waals surface area contributed by atoms with Crippen LogP contribution in [0.25, 0.3) is 0 Å². The second kappa shape index (κ2) is 6.14. The van der Waals surface area contributed by atoms with Gasteiger partial charge in [0.15, 0.2) is 0 Å². The van der Waals surface area contributed by atoms with E-state index in [1.165, 1.54) is 0 Å². The number of ether oxygens (including phenoxy) is 1. The molecule has 0 rings (SSSR count). The van der Waals surface area contributed by atoms with Crippen LogP contribution < -0.4 is 5.32 Å². The molecule has 0 atom stereocenters. The summed E-state index contributed by atoms with van der Waals surface area (Å²) in [6, 6.07) is 0. The van der Waals surface area contributed by atoms with Crippen molar-refractivity contribution in [3.63, 3.8) is 0 Å². The summed E-state index contributed by atoms with van der Waals surface area (Å²) in [7, 11) is 5.26. The fourth-order valence-electron chi connectivity index (χ4n) is 0.641. The maximum absolute atomic E-state index is 4.97. The number of hydrogen-bond donors (Lipinski definition) is 1. The van der Waals surface area contributed by atoms with Gasteiger partial charge < -0.3 is 15.0 Å². The third kappa shape index (κ3) is 4.46. The zero-order valence-corrected chi connectivity index (χ0v) is 9.22. The molecule has 0 spiro atoms. The summed E-state index contributed by atoms with van der Waals surface area (Å²) in [4.78, 5) is 2.68. The van der Waals surface area contributed by atoms with E-state index < -0.39 is 0 Å². The molecule has 0 bridgehead atoms. The molecule has 70 valence electrons. The zero-order valence-electron chi connectivity index (χ0n) is 7.59. The molecule has 12 heavy (non-hydrogen) atoms. The molecule has 0 aromatic heterocycles. The van der Waals surface area contributed by atoms with E-state index in [9.17, 15) is 0 Å². The zero-order chi connectivity index (χ0) is 9.56. The molecule has 0 unspecified atom stereocenters. The van der Waals surface area contributed by atoms with E-state index in [2.05, 4.69) is 5.32 Å². The van der Waals surface area contributed by atoms with Crippen molar-refractivity contribution in [2.24, 2.45) is 0 Å². The summed E-state index contributed by atoms with van der Waals surface area (Å²) in [5.41, 5.74) is 0. The van der Waals surface area contributed by atoms with Crippen LogP contribution in [-0.2, 0) is 4.74 Å². The molecule has 1 N–H and O–H groups in total. The minimum atomic E-state index is 0.494. The molecule has 0 aliphatic rings. The summed E-state index contributed by atoms with van der Waals surface area (Å²) < 4.78 is 4.87. The summed E-state index contributed by atoms with van der Waals surface area (Å²) in [5.74, 6) is 0. The fraction of sp³-hybridized carbons (Fsp3) is 0.714. The quantitative estimate of drug-likeness (QED) is 0.688. The first-order valence-electron chi connectivity index (χ1n) is 3.61. The van der Waals surface area contributed by atoms with Crippen LogP contribution in [-0.4, -0.2) is 42.8 Å². The van der Waals surface area contributed by atoms with E-state index >= 15 is 0 Å². The molecule has 0 aliphatic carbocycles. The molecule has 3 nitrogen and oxygen atoms in total. The first-order valence-corrected chi connectivity index (χ1v) is 4.43. The first kappa shape index (κ1) is 11.6. The highest BCUT2D eigenvalue weighted by molar-refractivity contribution is 7.80. The largest absolute Gasteiger partial charge is 0.474 e. The molecule has 0 aliphatic heterocycles. The monoisotopic (exact) mass is 206 g/mol. The Balaban J connectivity index is 3.63. The summed E-state index contributed by atoms with van der Waals surface area (Å²) in [5, 5.41) is 3.39. The van der Waals surface area contributed by atoms with Gasteiger partial charge in [-0.1, -0.05) is 12.2 Å². The van der Waals surface area contributed by atoms with Crippen molar-refractivity contribution in [2.75, 3.05) is 27.7 Å². The predicted octanol–water partition coefficient (Wildman–Crippen LogP) is 0.786. The van der Waals surface area contributed by atoms with Gasteiger partial charge in [-0.2, -0.15) is 0 Å². The molecule has 5 heteroatoms. The standard InChI is InChI=1S/C7H14N2OS2/c1-8-6(11)4-5-9(2)7(12)10-3/h4-5H2,1-3H3,(H,8,11). The number of methoxy groups -OCH3 is 1. The van der Waals surface area contributed by atoms with E-state index in [0.717, 1.165) is 18.0 Å². The molecular weight excluding hydrogens is 192 g/mol. The van der Waals surface area contributed by atoms with Gasteiger partial charge in [-0.25, -0.2) is 0 Å². The van der Waals surface area contributed by atoms with Crippen molar-refractivity contribution in [1.29, 1.82) is 0 Å². The summed E-state index contributed by atoms with van der Waals surface area (Å²) in [6.07, 6.45) is 0.797. The number of rotatable bonds is 3. The second-order valence-corrected chi connectivity index (χ2v) is 3.16. The van der Waals surface area contributed by atoms with Gasteiger partial charge in [0, 0.05) is 27.1 Å². The Hall–Kier alpha value is -0.420. The second-order valence-electron chi connectivity index (χ2n) is 2.31. The molecule has 0 saturated carbocycles. The molecule has 0 fully saturated rings. The highest BCUT2D eigenvalue weighted by atomic mass is 32.1. The first-order chi connectivity index (χ1) is 5.61. The normalized spacial score (nSPS) is 8.92. The molecule has 0 aromatic rings. The Bertz CT molecular complexity index is 173. The minimum Gasteiger partial charge on any atom is -0.474 e. The number of hydrogen-bond acceptors (Lipinski definition) is 3. The van der Waals surface area contributed by atoms with E-state index in [0.29, 0.717) is 5.17 Å². The predicted molar refractivity (Wildman–Crippen MR) is 58.5 cm³/mol. The van der Waals surface area contributed by atoms with Crippen molar-refractivity contribution in [1.82, 2.24) is 10.2 Å². The molecule has 0 amide bonds. The van der Waals surface area contributed by atoms with Crippen molar-refractivity contribution < 1.29 is 4.74 Å². The van der Waals surface area contributed by atoms with Crippen LogP contribution in [0.15, 0.2) is 0 Å².